The number of nitrogens with zero attached hydrogens (tertiary/aromatic N) is 1. The summed E-state index contributed by atoms with van der Waals surface area (Å²) in [6.07, 6.45) is 5.08. The van der Waals surface area contributed by atoms with Crippen molar-refractivity contribution in [2.24, 2.45) is 17.8 Å². The summed E-state index contributed by atoms with van der Waals surface area (Å²) >= 11 is 0. The van der Waals surface area contributed by atoms with E-state index in [1.807, 2.05) is 69.3 Å². The van der Waals surface area contributed by atoms with Gasteiger partial charge in [0.15, 0.2) is 0 Å². The van der Waals surface area contributed by atoms with Gasteiger partial charge in [-0.3, -0.25) is 14.5 Å². The largest absolute Gasteiger partial charge is 0.491 e. The Kier molecular flexibility index (Phi) is 11.4. The molecule has 9 heteroatoms. The fourth-order valence-corrected chi connectivity index (χ4v) is 7.77. The van der Waals surface area contributed by atoms with Crippen LogP contribution in [0.4, 0.5) is 0 Å². The molecule has 2 aromatic rings. The molecule has 252 valence electrons. The average Bonchev–Trinajstić information content (AvgIpc) is 3.33. The predicted octanol–water partition coefficient (Wildman–Crippen LogP) is 3.54. The number of nitrogens with one attached hydrogen (secondary N) is 2. The number of hydrogen-bond acceptors (Lipinski definition) is 7. The summed E-state index contributed by atoms with van der Waals surface area (Å²) in [6, 6.07) is 14.4. The van der Waals surface area contributed by atoms with Crippen molar-refractivity contribution in [3.63, 3.8) is 0 Å². The zero-order valence-corrected chi connectivity index (χ0v) is 27.7. The van der Waals surface area contributed by atoms with Gasteiger partial charge in [0.05, 0.1) is 30.9 Å². The second-order valence-corrected chi connectivity index (χ2v) is 14.7. The number of aliphatic hydroxyl groups is 3. The van der Waals surface area contributed by atoms with Crippen LogP contribution in [0.25, 0.3) is 0 Å². The molecule has 3 aliphatic rings. The van der Waals surface area contributed by atoms with Gasteiger partial charge in [0, 0.05) is 31.0 Å². The first-order valence-electron chi connectivity index (χ1n) is 17.1. The third-order valence-corrected chi connectivity index (χ3v) is 9.94. The summed E-state index contributed by atoms with van der Waals surface area (Å²) in [5.74, 6) is 0.919. The number of ether oxygens (including phenoxy) is 1. The fraction of sp³-hybridized carbons (Fsp3) is 0.622. The molecule has 46 heavy (non-hydrogen) atoms. The van der Waals surface area contributed by atoms with E-state index in [0.29, 0.717) is 37.0 Å². The maximum absolute atomic E-state index is 13.9. The monoisotopic (exact) mass is 635 g/mol. The van der Waals surface area contributed by atoms with Gasteiger partial charge in [-0.1, -0.05) is 55.7 Å². The highest BCUT2D eigenvalue weighted by Crippen LogP contribution is 2.39. The minimum atomic E-state index is -0.825. The van der Waals surface area contributed by atoms with Crippen LogP contribution in [0.3, 0.4) is 0 Å². The molecular formula is C37H53N3O6. The summed E-state index contributed by atoms with van der Waals surface area (Å²) < 4.78 is 5.51. The summed E-state index contributed by atoms with van der Waals surface area (Å²) in [5.41, 5.74) is 2.52. The van der Waals surface area contributed by atoms with Crippen molar-refractivity contribution >= 4 is 11.8 Å². The molecule has 0 unspecified atom stereocenters. The van der Waals surface area contributed by atoms with E-state index in [1.165, 1.54) is 12.8 Å². The van der Waals surface area contributed by atoms with Crippen LogP contribution in [-0.2, 0) is 22.4 Å². The summed E-state index contributed by atoms with van der Waals surface area (Å²) in [6.45, 7) is 7.20. The molecule has 5 N–H and O–H groups in total. The Labute approximate surface area is 273 Å². The number of carbonyl (C=O) groups excluding carboxylic acids is 2. The average molecular weight is 636 g/mol. The van der Waals surface area contributed by atoms with Gasteiger partial charge in [-0.05, 0) is 87.1 Å². The van der Waals surface area contributed by atoms with Gasteiger partial charge in [-0.2, -0.15) is 0 Å². The Hall–Kier alpha value is -2.98. The summed E-state index contributed by atoms with van der Waals surface area (Å²) in [4.78, 5) is 29.6. The number of hydrogen-bond donors (Lipinski definition) is 5. The van der Waals surface area contributed by atoms with E-state index >= 15 is 0 Å². The van der Waals surface area contributed by atoms with Gasteiger partial charge in [0.1, 0.15) is 12.4 Å². The normalized spacial score (nSPS) is 26.0. The highest BCUT2D eigenvalue weighted by Gasteiger charge is 2.41. The lowest BCUT2D eigenvalue weighted by Crippen LogP contribution is -2.58. The van der Waals surface area contributed by atoms with Crippen molar-refractivity contribution in [1.82, 2.24) is 15.5 Å². The molecule has 9 nitrogen and oxygen atoms in total. The van der Waals surface area contributed by atoms with Gasteiger partial charge < -0.3 is 30.7 Å². The molecule has 1 heterocycles. The fourth-order valence-electron chi connectivity index (χ4n) is 7.77. The topological polar surface area (TPSA) is 131 Å². The van der Waals surface area contributed by atoms with Gasteiger partial charge in [0.25, 0.3) is 0 Å². The van der Waals surface area contributed by atoms with E-state index in [0.717, 1.165) is 42.5 Å². The molecule has 0 bridgehead atoms. The van der Waals surface area contributed by atoms with Crippen LogP contribution < -0.4 is 15.4 Å². The van der Waals surface area contributed by atoms with Gasteiger partial charge in [0.2, 0.25) is 11.8 Å². The SMILES string of the molecule is CC(C)(C)NC(=O)[C@@H]1C[C@@H]2CCCC[C@@H]2CN1C[C@@H](O)C[C@H](Cc1ccc(OCCO)cc1)C(=O)N[C@H]1c2ccccc2C[C@H]1O. The van der Waals surface area contributed by atoms with Crippen LogP contribution in [0, 0.1) is 17.8 Å². The molecule has 1 aliphatic heterocycles. The first-order valence-corrected chi connectivity index (χ1v) is 17.1. The van der Waals surface area contributed by atoms with Crippen LogP contribution in [0.1, 0.15) is 82.0 Å². The van der Waals surface area contributed by atoms with Crippen molar-refractivity contribution < 1.29 is 29.6 Å². The van der Waals surface area contributed by atoms with Crippen molar-refractivity contribution in [2.45, 2.75) is 102 Å². The van der Waals surface area contributed by atoms with E-state index in [2.05, 4.69) is 15.5 Å². The van der Waals surface area contributed by atoms with Crippen molar-refractivity contribution in [3.8, 4) is 5.75 Å². The molecule has 2 aromatic carbocycles. The van der Waals surface area contributed by atoms with Crippen LogP contribution in [-0.4, -0.2) is 82.1 Å². The van der Waals surface area contributed by atoms with E-state index in [1.54, 1.807) is 0 Å². The number of likely N-dealkylation sites (tertiary alicyclic amines) is 1. The minimum Gasteiger partial charge on any atom is -0.491 e. The minimum absolute atomic E-state index is 0.00964. The first kappa shape index (κ1) is 34.4. The van der Waals surface area contributed by atoms with E-state index < -0.39 is 24.2 Å². The molecule has 0 spiro atoms. The number of β-amino-alcohol motifs (C(OH)–C–C–N with tert-alkyl or cyclic N) is 1. The van der Waals surface area contributed by atoms with Crippen molar-refractivity contribution in [3.05, 3.63) is 65.2 Å². The standard InChI is InChI=1S/C37H53N3O6/c1-37(2,3)39-36(45)32-20-25-8-4-5-10-27(25)22-40(32)23-29(42)19-28(18-24-12-14-30(15-13-24)46-17-16-41)35(44)38-34-31-11-7-6-9-26(31)21-33(34)43/h6-7,9,11-15,25,27-29,32-34,41-43H,4-5,8,10,16-23H2,1-3H3,(H,38,44)(H,39,45)/t25-,27+,28-,29-,32-,33+,34-/m0/s1. The van der Waals surface area contributed by atoms with Gasteiger partial charge in [-0.25, -0.2) is 0 Å². The smallest absolute Gasteiger partial charge is 0.237 e. The Morgan fingerprint density at radius 3 is 2.48 bits per heavy atom. The second kappa shape index (κ2) is 15.3. The number of piperidine rings is 1. The molecule has 2 fully saturated rings. The predicted molar refractivity (Wildman–Crippen MR) is 177 cm³/mol. The van der Waals surface area contributed by atoms with Gasteiger partial charge in [-0.15, -0.1) is 0 Å². The number of amides is 2. The number of rotatable bonds is 12. The number of carbonyl (C=O) groups is 2. The highest BCUT2D eigenvalue weighted by molar-refractivity contribution is 5.82. The first-order chi connectivity index (χ1) is 22.0. The third-order valence-electron chi connectivity index (χ3n) is 9.94. The van der Waals surface area contributed by atoms with Crippen molar-refractivity contribution in [1.29, 1.82) is 0 Å². The maximum atomic E-state index is 13.9. The van der Waals surface area contributed by atoms with E-state index in [9.17, 15) is 19.8 Å². The van der Waals surface area contributed by atoms with Crippen LogP contribution >= 0.6 is 0 Å². The Bertz CT molecular complexity index is 1310. The molecule has 0 radical (unpaired) electrons. The zero-order chi connectivity index (χ0) is 32.8. The quantitative estimate of drug-likeness (QED) is 0.241. The molecule has 2 amide bonds. The number of fused-ring (bicyclic) bond motifs is 2. The molecule has 1 saturated heterocycles. The van der Waals surface area contributed by atoms with Crippen LogP contribution in [0.5, 0.6) is 5.75 Å². The Balaban J connectivity index is 1.32. The van der Waals surface area contributed by atoms with Crippen molar-refractivity contribution in [2.75, 3.05) is 26.3 Å². The highest BCUT2D eigenvalue weighted by atomic mass is 16.5. The maximum Gasteiger partial charge on any atom is 0.237 e. The zero-order valence-electron chi connectivity index (χ0n) is 27.7. The second-order valence-electron chi connectivity index (χ2n) is 14.7. The molecule has 7 atom stereocenters. The molecule has 1 saturated carbocycles. The lowest BCUT2D eigenvalue weighted by atomic mass is 9.72. The van der Waals surface area contributed by atoms with Crippen LogP contribution in [0.15, 0.2) is 48.5 Å². The number of benzene rings is 2. The lowest BCUT2D eigenvalue weighted by molar-refractivity contribution is -0.133. The van der Waals surface area contributed by atoms with E-state index in [-0.39, 0.29) is 43.0 Å². The van der Waals surface area contributed by atoms with Crippen LogP contribution in [0.2, 0.25) is 0 Å². The van der Waals surface area contributed by atoms with E-state index in [4.69, 9.17) is 9.84 Å². The third kappa shape index (κ3) is 8.88. The lowest BCUT2D eigenvalue weighted by Gasteiger charge is -2.46. The molecule has 2 aliphatic carbocycles. The number of aliphatic hydroxyl groups excluding tert-OH is 3. The van der Waals surface area contributed by atoms with Gasteiger partial charge >= 0.3 is 0 Å². The Morgan fingerprint density at radius 2 is 1.76 bits per heavy atom. The summed E-state index contributed by atoms with van der Waals surface area (Å²) in [5, 5.41) is 37.8. The molecule has 5 rings (SSSR count). The Morgan fingerprint density at radius 1 is 1.04 bits per heavy atom. The summed E-state index contributed by atoms with van der Waals surface area (Å²) in [7, 11) is 0. The molecule has 0 aromatic heterocycles. The molecular weight excluding hydrogens is 582 g/mol.